The first-order valence-electron chi connectivity index (χ1n) is 4.90. The zero-order valence-electron chi connectivity index (χ0n) is 8.87. The topological polar surface area (TPSA) is 3.88 Å². The van der Waals surface area contributed by atoms with Crippen LogP contribution in [0.4, 0.5) is 0 Å². The first-order chi connectivity index (χ1) is 7.20. The molecule has 0 radical (unpaired) electrons. The highest BCUT2D eigenvalue weighted by atomic mass is 127. The highest BCUT2D eigenvalue weighted by molar-refractivity contribution is 14.1. The monoisotopic (exact) mass is 310 g/mol. The number of hydrogen-bond acceptors (Lipinski definition) is 0. The Balaban J connectivity index is 2.69. The number of halogens is 1. The van der Waals surface area contributed by atoms with E-state index in [1.165, 1.54) is 20.4 Å². The molecule has 2 rings (SSSR count). The van der Waals surface area contributed by atoms with E-state index in [0.717, 1.165) is 0 Å². The minimum atomic E-state index is 1.28. The zero-order valence-corrected chi connectivity index (χ0v) is 11.0. The van der Waals surface area contributed by atoms with Gasteiger partial charge in [-0.1, -0.05) is 18.2 Å². The highest BCUT2D eigenvalue weighted by Gasteiger charge is 2.14. The largest absolute Gasteiger partial charge is 0.225 e. The van der Waals surface area contributed by atoms with Crippen molar-refractivity contribution in [1.29, 1.82) is 0 Å². The molecule has 0 saturated carbocycles. The van der Waals surface area contributed by atoms with Crippen molar-refractivity contribution in [3.8, 4) is 11.3 Å². The molecule has 0 aliphatic heterocycles. The molecule has 0 aliphatic rings. The molecule has 15 heavy (non-hydrogen) atoms. The van der Waals surface area contributed by atoms with Crippen molar-refractivity contribution < 1.29 is 4.57 Å². The van der Waals surface area contributed by atoms with Crippen molar-refractivity contribution in [2.75, 3.05) is 0 Å². The van der Waals surface area contributed by atoms with Crippen LogP contribution in [0.3, 0.4) is 0 Å². The second kappa shape index (κ2) is 4.31. The Labute approximate surface area is 104 Å². The molecule has 2 heteroatoms. The first kappa shape index (κ1) is 10.6. The van der Waals surface area contributed by atoms with Gasteiger partial charge in [0.25, 0.3) is 0 Å². The van der Waals surface area contributed by atoms with Crippen molar-refractivity contribution in [3.63, 3.8) is 0 Å². The molecular weight excluding hydrogens is 297 g/mol. The number of aryl methyl sites for hydroxylation is 2. The van der Waals surface area contributed by atoms with E-state index in [1.807, 2.05) is 0 Å². The van der Waals surface area contributed by atoms with Gasteiger partial charge in [-0.2, -0.15) is 0 Å². The van der Waals surface area contributed by atoms with Crippen molar-refractivity contribution in [1.82, 2.24) is 0 Å². The maximum Gasteiger partial charge on any atom is 0.225 e. The third-order valence-electron chi connectivity index (χ3n) is 2.53. The molecule has 0 aliphatic carbocycles. The van der Waals surface area contributed by atoms with Crippen LogP contribution in [0, 0.1) is 10.5 Å². The SMILES string of the molecule is Cc1ccccc1-c1c(I)ccc[n+]1C. The molecule has 76 valence electrons. The Kier molecular flexibility index (Phi) is 3.05. The Bertz CT molecular complexity index is 471. The molecule has 0 bridgehead atoms. The van der Waals surface area contributed by atoms with Gasteiger partial charge in [0, 0.05) is 6.07 Å². The van der Waals surface area contributed by atoms with E-state index in [2.05, 4.69) is 83.7 Å². The van der Waals surface area contributed by atoms with Gasteiger partial charge in [-0.15, -0.1) is 0 Å². The summed E-state index contributed by atoms with van der Waals surface area (Å²) in [5.41, 5.74) is 3.92. The fourth-order valence-electron chi connectivity index (χ4n) is 1.74. The van der Waals surface area contributed by atoms with E-state index < -0.39 is 0 Å². The lowest BCUT2D eigenvalue weighted by molar-refractivity contribution is -0.661. The molecule has 0 fully saturated rings. The van der Waals surface area contributed by atoms with E-state index in [0.29, 0.717) is 0 Å². The van der Waals surface area contributed by atoms with Crippen LogP contribution in [0.25, 0.3) is 11.3 Å². The summed E-state index contributed by atoms with van der Waals surface area (Å²) in [6, 6.07) is 12.7. The summed E-state index contributed by atoms with van der Waals surface area (Å²) < 4.78 is 3.45. The van der Waals surface area contributed by atoms with Crippen LogP contribution in [0.1, 0.15) is 5.56 Å². The van der Waals surface area contributed by atoms with Gasteiger partial charge in [0.05, 0.1) is 9.13 Å². The molecule has 0 saturated heterocycles. The number of benzene rings is 1. The van der Waals surface area contributed by atoms with Gasteiger partial charge >= 0.3 is 0 Å². The molecule has 0 spiro atoms. The van der Waals surface area contributed by atoms with Crippen LogP contribution in [-0.4, -0.2) is 0 Å². The molecule has 0 unspecified atom stereocenters. The minimum Gasteiger partial charge on any atom is -0.200 e. The van der Waals surface area contributed by atoms with E-state index in [1.54, 1.807) is 0 Å². The fourth-order valence-corrected chi connectivity index (χ4v) is 2.61. The predicted octanol–water partition coefficient (Wildman–Crippen LogP) is 3.09. The quantitative estimate of drug-likeness (QED) is 0.563. The van der Waals surface area contributed by atoms with E-state index in [4.69, 9.17) is 0 Å². The lowest BCUT2D eigenvalue weighted by Gasteiger charge is -2.05. The van der Waals surface area contributed by atoms with Gasteiger partial charge in [-0.25, -0.2) is 4.57 Å². The van der Waals surface area contributed by atoms with Gasteiger partial charge in [-0.3, -0.25) is 0 Å². The molecule has 0 N–H and O–H groups in total. The lowest BCUT2D eigenvalue weighted by Crippen LogP contribution is -2.31. The Morgan fingerprint density at radius 2 is 1.80 bits per heavy atom. The van der Waals surface area contributed by atoms with Crippen LogP contribution >= 0.6 is 22.6 Å². The molecular formula is C13H13IN+. The van der Waals surface area contributed by atoms with Gasteiger partial charge in [-0.05, 0) is 47.2 Å². The summed E-state index contributed by atoms with van der Waals surface area (Å²) in [6.07, 6.45) is 2.09. The van der Waals surface area contributed by atoms with Gasteiger partial charge in [0.15, 0.2) is 6.20 Å². The Morgan fingerprint density at radius 1 is 1.07 bits per heavy atom. The lowest BCUT2D eigenvalue weighted by atomic mass is 10.1. The second-order valence-corrected chi connectivity index (χ2v) is 4.79. The third-order valence-corrected chi connectivity index (χ3v) is 3.40. The average molecular weight is 310 g/mol. The summed E-state index contributed by atoms with van der Waals surface area (Å²) >= 11 is 2.39. The number of hydrogen-bond donors (Lipinski definition) is 0. The summed E-state index contributed by atoms with van der Waals surface area (Å²) in [5, 5.41) is 0. The Hall–Kier alpha value is -0.900. The van der Waals surface area contributed by atoms with Crippen LogP contribution in [0.2, 0.25) is 0 Å². The van der Waals surface area contributed by atoms with Crippen LogP contribution in [0.5, 0.6) is 0 Å². The van der Waals surface area contributed by atoms with E-state index in [9.17, 15) is 0 Å². The number of pyridine rings is 1. The summed E-state index contributed by atoms with van der Waals surface area (Å²) in [4.78, 5) is 0. The van der Waals surface area contributed by atoms with Gasteiger partial charge in [0.1, 0.15) is 7.05 Å². The van der Waals surface area contributed by atoms with Crippen molar-refractivity contribution in [2.24, 2.45) is 7.05 Å². The third kappa shape index (κ3) is 2.04. The van der Waals surface area contributed by atoms with Crippen LogP contribution in [-0.2, 0) is 7.05 Å². The molecule has 0 amide bonds. The predicted molar refractivity (Wildman–Crippen MR) is 70.5 cm³/mol. The van der Waals surface area contributed by atoms with Crippen molar-refractivity contribution in [2.45, 2.75) is 6.92 Å². The first-order valence-corrected chi connectivity index (χ1v) is 5.98. The average Bonchev–Trinajstić information content (AvgIpc) is 2.20. The second-order valence-electron chi connectivity index (χ2n) is 3.63. The van der Waals surface area contributed by atoms with Gasteiger partial charge < -0.3 is 0 Å². The smallest absolute Gasteiger partial charge is 0.200 e. The molecule has 1 aromatic carbocycles. The normalized spacial score (nSPS) is 10.3. The molecule has 2 aromatic rings. The summed E-state index contributed by atoms with van der Waals surface area (Å²) in [5.74, 6) is 0. The van der Waals surface area contributed by atoms with E-state index in [-0.39, 0.29) is 0 Å². The zero-order chi connectivity index (χ0) is 10.8. The summed E-state index contributed by atoms with van der Waals surface area (Å²) in [7, 11) is 2.09. The van der Waals surface area contributed by atoms with Crippen LogP contribution < -0.4 is 4.57 Å². The van der Waals surface area contributed by atoms with E-state index >= 15 is 0 Å². The molecule has 1 aromatic heterocycles. The number of aromatic nitrogens is 1. The minimum absolute atomic E-state index is 1.28. The Morgan fingerprint density at radius 3 is 2.47 bits per heavy atom. The van der Waals surface area contributed by atoms with Crippen molar-refractivity contribution in [3.05, 3.63) is 51.7 Å². The molecule has 1 nitrogen and oxygen atoms in total. The maximum atomic E-state index is 2.39. The standard InChI is InChI=1S/C13H13IN/c1-10-6-3-4-7-11(10)13-12(14)8-5-9-15(13)2/h3-9H,1-2H3/q+1. The summed E-state index contributed by atoms with van der Waals surface area (Å²) in [6.45, 7) is 2.15. The van der Waals surface area contributed by atoms with Crippen molar-refractivity contribution >= 4 is 22.6 Å². The molecule has 1 heterocycles. The van der Waals surface area contributed by atoms with Gasteiger partial charge in [0.2, 0.25) is 5.69 Å². The maximum absolute atomic E-state index is 2.39. The number of rotatable bonds is 1. The number of nitrogens with zero attached hydrogens (tertiary/aromatic N) is 1. The fraction of sp³-hybridized carbons (Fsp3) is 0.154. The molecule has 0 atom stereocenters. The highest BCUT2D eigenvalue weighted by Crippen LogP contribution is 2.23. The van der Waals surface area contributed by atoms with Crippen LogP contribution in [0.15, 0.2) is 42.6 Å².